The number of benzene rings is 2. The van der Waals surface area contributed by atoms with Gasteiger partial charge in [-0.15, -0.1) is 0 Å². The van der Waals surface area contributed by atoms with Gasteiger partial charge in [0.15, 0.2) is 0 Å². The topological polar surface area (TPSA) is 0 Å². The Morgan fingerprint density at radius 1 is 0.893 bits per heavy atom. The van der Waals surface area contributed by atoms with E-state index in [4.69, 9.17) is 0 Å². The van der Waals surface area contributed by atoms with Crippen molar-refractivity contribution in [3.63, 3.8) is 0 Å². The van der Waals surface area contributed by atoms with Gasteiger partial charge in [-0.2, -0.15) is 5.57 Å². The van der Waals surface area contributed by atoms with Crippen LogP contribution in [0.1, 0.15) is 60.8 Å². The summed E-state index contributed by atoms with van der Waals surface area (Å²) in [6.45, 7) is 6.60. The van der Waals surface area contributed by atoms with Gasteiger partial charge < -0.3 is 37.2 Å². The first-order chi connectivity index (χ1) is 11.7. The van der Waals surface area contributed by atoms with E-state index in [2.05, 4.69) is 81.5 Å². The van der Waals surface area contributed by atoms with Gasteiger partial charge in [0.1, 0.15) is 0 Å². The first kappa shape index (κ1) is 29.7. The summed E-state index contributed by atoms with van der Waals surface area (Å²) in [6.07, 6.45) is 10.8. The molecule has 0 bridgehead atoms. The molecule has 0 N–H and O–H groups in total. The molecule has 0 nitrogen and oxygen atoms in total. The predicted molar refractivity (Wildman–Crippen MR) is 103 cm³/mol. The van der Waals surface area contributed by atoms with E-state index in [0.29, 0.717) is 5.92 Å². The molecule has 0 saturated carbocycles. The zero-order valence-electron chi connectivity index (χ0n) is 16.7. The van der Waals surface area contributed by atoms with Crippen LogP contribution in [0.2, 0.25) is 0 Å². The molecule has 3 rings (SSSR count). The molecule has 2 aromatic carbocycles. The van der Waals surface area contributed by atoms with Crippen molar-refractivity contribution < 1.29 is 58.9 Å². The normalized spacial score (nSPS) is 12.0. The number of unbranched alkanes of at least 4 members (excludes halogenated alkanes) is 1. The van der Waals surface area contributed by atoms with E-state index in [1.54, 1.807) is 0 Å². The Labute approximate surface area is 204 Å². The second-order valence-corrected chi connectivity index (χ2v) is 6.95. The maximum absolute atomic E-state index is 3.74. The van der Waals surface area contributed by atoms with E-state index in [-0.39, 0.29) is 58.9 Å². The zero-order valence-corrected chi connectivity index (χ0v) is 20.6. The fraction of sp³-hybridized carbons (Fsp3) is 0.333. The van der Waals surface area contributed by atoms with Crippen molar-refractivity contribution in [2.24, 2.45) is 0 Å². The molecule has 28 heavy (non-hydrogen) atoms. The maximum Gasteiger partial charge on any atom is 4.00 e. The summed E-state index contributed by atoms with van der Waals surface area (Å²) in [5, 5.41) is 0. The van der Waals surface area contributed by atoms with E-state index in [9.17, 15) is 0 Å². The smallest absolute Gasteiger partial charge is 1.00 e. The number of aryl methyl sites for hydroxylation is 2. The van der Waals surface area contributed by atoms with Crippen LogP contribution in [0, 0.1) is 19.9 Å². The molecule has 0 aromatic heterocycles. The van der Waals surface area contributed by atoms with Crippen LogP contribution in [-0.2, 0) is 21.7 Å². The minimum Gasteiger partial charge on any atom is -1.00 e. The van der Waals surface area contributed by atoms with E-state index >= 15 is 0 Å². The Bertz CT molecular complexity index is 735. The van der Waals surface area contributed by atoms with Crippen molar-refractivity contribution in [1.82, 2.24) is 0 Å². The molecule has 0 aliphatic heterocycles. The van der Waals surface area contributed by atoms with E-state index in [1.807, 2.05) is 0 Å². The predicted octanol–water partition coefficient (Wildman–Crippen LogP) is -2.31. The van der Waals surface area contributed by atoms with Gasteiger partial charge in [-0.3, -0.25) is 0 Å². The molecule has 0 amide bonds. The van der Waals surface area contributed by atoms with Crippen molar-refractivity contribution >= 4 is 0 Å². The standard InChI is InChI=1S/C24H27.3ClH.Ti/c1-4-5-10-20-13-14-23(17-20)24(21-11-6-8-18(2)15-21)22-12-7-9-19(3)16-22;;;;/h6-9,11-13,15-16,24H,4-5,10,14H2,1-3H3;3*1H;/q-1;;;;+4/p-3. The molecule has 0 radical (unpaired) electrons. The summed E-state index contributed by atoms with van der Waals surface area (Å²) < 4.78 is 0. The van der Waals surface area contributed by atoms with Crippen LogP contribution < -0.4 is 37.2 Å². The average Bonchev–Trinajstić information content (AvgIpc) is 3.02. The second kappa shape index (κ2) is 14.5. The van der Waals surface area contributed by atoms with Crippen LogP contribution in [-0.4, -0.2) is 0 Å². The van der Waals surface area contributed by atoms with E-state index < -0.39 is 0 Å². The van der Waals surface area contributed by atoms with Crippen molar-refractivity contribution in [3.05, 3.63) is 94.1 Å². The monoisotopic (exact) mass is 468 g/mol. The summed E-state index contributed by atoms with van der Waals surface area (Å²) in [6, 6.07) is 17.9. The Morgan fingerprint density at radius 3 is 1.89 bits per heavy atom. The minimum atomic E-state index is 0. The van der Waals surface area contributed by atoms with Gasteiger partial charge in [-0.05, 0) is 25.0 Å². The van der Waals surface area contributed by atoms with Crippen molar-refractivity contribution in [3.8, 4) is 0 Å². The Hall–Kier alpha value is -0.496. The van der Waals surface area contributed by atoms with Gasteiger partial charge in [0.2, 0.25) is 0 Å². The summed E-state index contributed by atoms with van der Waals surface area (Å²) in [5.74, 6) is 0.320. The van der Waals surface area contributed by atoms with E-state index in [0.717, 1.165) is 12.8 Å². The molecule has 148 valence electrons. The SMILES string of the molecule is CCCCC1=CCC(C(c2cccc(C)c2)c2cccc(C)c2)=[C-]1.[Cl-].[Cl-].[Cl-].[Ti+4]. The number of allylic oxidation sites excluding steroid dienone is 4. The molecule has 0 heterocycles. The van der Waals surface area contributed by atoms with Gasteiger partial charge in [-0.1, -0.05) is 92.3 Å². The zero-order chi connectivity index (χ0) is 16.9. The summed E-state index contributed by atoms with van der Waals surface area (Å²) in [7, 11) is 0. The van der Waals surface area contributed by atoms with Crippen molar-refractivity contribution in [2.45, 2.75) is 52.4 Å². The molecule has 1 aliphatic carbocycles. The Kier molecular flexibility index (Phi) is 15.4. The molecule has 4 heteroatoms. The minimum absolute atomic E-state index is 0. The molecule has 1 aliphatic rings. The Balaban J connectivity index is 0. The number of rotatable bonds is 6. The Morgan fingerprint density at radius 2 is 1.43 bits per heavy atom. The van der Waals surface area contributed by atoms with Crippen LogP contribution in [0.4, 0.5) is 0 Å². The van der Waals surface area contributed by atoms with Crippen molar-refractivity contribution in [2.75, 3.05) is 0 Å². The molecule has 0 atom stereocenters. The third kappa shape index (κ3) is 7.73. The third-order valence-corrected chi connectivity index (χ3v) is 4.79. The quantitative estimate of drug-likeness (QED) is 0.330. The fourth-order valence-electron chi connectivity index (χ4n) is 3.56. The van der Waals surface area contributed by atoms with Crippen molar-refractivity contribution in [1.29, 1.82) is 0 Å². The second-order valence-electron chi connectivity index (χ2n) is 6.95. The van der Waals surface area contributed by atoms with Crippen LogP contribution in [0.25, 0.3) is 0 Å². The molecular weight excluding hydrogens is 442 g/mol. The largest absolute Gasteiger partial charge is 4.00 e. The summed E-state index contributed by atoms with van der Waals surface area (Å²) >= 11 is 0. The van der Waals surface area contributed by atoms with Crippen LogP contribution >= 0.6 is 0 Å². The number of hydrogen-bond acceptors (Lipinski definition) is 0. The van der Waals surface area contributed by atoms with Crippen LogP contribution in [0.5, 0.6) is 0 Å². The molecule has 0 fully saturated rings. The third-order valence-electron chi connectivity index (χ3n) is 4.79. The summed E-state index contributed by atoms with van der Waals surface area (Å²) in [5.41, 5.74) is 8.22. The van der Waals surface area contributed by atoms with Crippen LogP contribution in [0.3, 0.4) is 0 Å². The van der Waals surface area contributed by atoms with Gasteiger partial charge in [0.25, 0.3) is 0 Å². The number of halogens is 3. The molecule has 0 saturated heterocycles. The summed E-state index contributed by atoms with van der Waals surface area (Å²) in [4.78, 5) is 0. The molecule has 2 aromatic rings. The fourth-order valence-corrected chi connectivity index (χ4v) is 3.56. The van der Waals surface area contributed by atoms with Gasteiger partial charge in [0.05, 0.1) is 0 Å². The van der Waals surface area contributed by atoms with Gasteiger partial charge in [0, 0.05) is 5.92 Å². The first-order valence-electron chi connectivity index (χ1n) is 9.12. The first-order valence-corrected chi connectivity index (χ1v) is 9.12. The molecule has 0 unspecified atom stereocenters. The average molecular weight is 470 g/mol. The van der Waals surface area contributed by atoms with Gasteiger partial charge in [-0.25, -0.2) is 17.7 Å². The molecular formula is C24H27Cl3Ti. The molecule has 0 spiro atoms. The van der Waals surface area contributed by atoms with Crippen LogP contribution in [0.15, 0.2) is 65.8 Å². The number of hydrogen-bond donors (Lipinski definition) is 0. The maximum atomic E-state index is 3.74. The van der Waals surface area contributed by atoms with E-state index in [1.165, 1.54) is 46.2 Å². The van der Waals surface area contributed by atoms with Gasteiger partial charge >= 0.3 is 21.7 Å².